The van der Waals surface area contributed by atoms with E-state index in [0.29, 0.717) is 13.2 Å². The first kappa shape index (κ1) is 15.6. The van der Waals surface area contributed by atoms with Gasteiger partial charge in [0.05, 0.1) is 33.5 Å². The van der Waals surface area contributed by atoms with Crippen LogP contribution < -0.4 is 5.32 Å². The molecule has 2 fully saturated rings. The SMILES string of the molecule is CCCNC1CCC2(CC1S(=O)c1cccs1)OCCO2. The van der Waals surface area contributed by atoms with Gasteiger partial charge in [-0.1, -0.05) is 13.0 Å². The summed E-state index contributed by atoms with van der Waals surface area (Å²) in [6.45, 7) is 4.44. The second-order valence-corrected chi connectivity index (χ2v) is 8.53. The van der Waals surface area contributed by atoms with E-state index < -0.39 is 16.6 Å². The van der Waals surface area contributed by atoms with Gasteiger partial charge in [-0.25, -0.2) is 0 Å². The molecule has 1 aromatic heterocycles. The molecule has 21 heavy (non-hydrogen) atoms. The lowest BCUT2D eigenvalue weighted by molar-refractivity contribution is -0.178. The largest absolute Gasteiger partial charge is 0.347 e. The Morgan fingerprint density at radius 3 is 2.95 bits per heavy atom. The Balaban J connectivity index is 1.77. The Bertz CT molecular complexity index is 471. The van der Waals surface area contributed by atoms with Crippen LogP contribution in [0, 0.1) is 0 Å². The van der Waals surface area contributed by atoms with Gasteiger partial charge in [0.2, 0.25) is 0 Å². The van der Waals surface area contributed by atoms with Gasteiger partial charge in [0, 0.05) is 18.9 Å². The van der Waals surface area contributed by atoms with Gasteiger partial charge in [-0.15, -0.1) is 11.3 Å². The summed E-state index contributed by atoms with van der Waals surface area (Å²) in [6.07, 6.45) is 3.67. The van der Waals surface area contributed by atoms with Crippen LogP contribution in [-0.2, 0) is 20.3 Å². The number of thiophene rings is 1. The summed E-state index contributed by atoms with van der Waals surface area (Å²) in [6, 6.07) is 4.22. The molecular weight excluding hydrogens is 306 g/mol. The van der Waals surface area contributed by atoms with E-state index in [1.54, 1.807) is 11.3 Å². The number of hydrogen-bond acceptors (Lipinski definition) is 5. The lowest BCUT2D eigenvalue weighted by atomic mass is 9.89. The van der Waals surface area contributed by atoms with Crippen molar-refractivity contribution in [3.8, 4) is 0 Å². The first-order valence-electron chi connectivity index (χ1n) is 7.69. The zero-order chi connectivity index (χ0) is 14.7. The van der Waals surface area contributed by atoms with Gasteiger partial charge in [-0.3, -0.25) is 4.21 Å². The standard InChI is InChI=1S/C15H23NO3S2/c1-2-7-16-12-5-6-15(18-8-9-19-15)11-13(12)21(17)14-4-3-10-20-14/h3-4,10,12-13,16H,2,5-9,11H2,1H3. The summed E-state index contributed by atoms with van der Waals surface area (Å²) in [5.41, 5.74) is 0. The Hall–Kier alpha value is -0.270. The van der Waals surface area contributed by atoms with Crippen LogP contribution in [0.3, 0.4) is 0 Å². The summed E-state index contributed by atoms with van der Waals surface area (Å²) in [4.78, 5) is 0. The van der Waals surface area contributed by atoms with E-state index in [4.69, 9.17) is 9.47 Å². The van der Waals surface area contributed by atoms with Gasteiger partial charge in [0.15, 0.2) is 5.79 Å². The smallest absolute Gasteiger partial charge is 0.169 e. The van der Waals surface area contributed by atoms with E-state index in [1.165, 1.54) is 0 Å². The number of nitrogens with one attached hydrogen (secondary N) is 1. The Kier molecular flexibility index (Phi) is 5.11. The minimum atomic E-state index is -0.998. The fourth-order valence-corrected chi connectivity index (χ4v) is 6.00. The molecule has 2 heterocycles. The van der Waals surface area contributed by atoms with Crippen molar-refractivity contribution < 1.29 is 13.7 Å². The molecule has 1 aliphatic carbocycles. The van der Waals surface area contributed by atoms with Gasteiger partial charge in [0.25, 0.3) is 0 Å². The van der Waals surface area contributed by atoms with Crippen molar-refractivity contribution in [1.82, 2.24) is 5.32 Å². The van der Waals surface area contributed by atoms with Crippen LogP contribution in [-0.4, -0.2) is 41.0 Å². The monoisotopic (exact) mass is 329 g/mol. The van der Waals surface area contributed by atoms with Gasteiger partial charge < -0.3 is 14.8 Å². The zero-order valence-corrected chi connectivity index (χ0v) is 14.0. The van der Waals surface area contributed by atoms with E-state index in [1.807, 2.05) is 17.5 Å². The van der Waals surface area contributed by atoms with Crippen molar-refractivity contribution in [3.63, 3.8) is 0 Å². The molecule has 1 spiro atoms. The predicted octanol–water partition coefficient (Wildman–Crippen LogP) is 2.52. The number of rotatable bonds is 5. The molecule has 1 N–H and O–H groups in total. The molecule has 0 amide bonds. The van der Waals surface area contributed by atoms with Crippen molar-refractivity contribution >= 4 is 22.1 Å². The third-order valence-corrected chi connectivity index (χ3v) is 7.26. The molecule has 0 bridgehead atoms. The van der Waals surface area contributed by atoms with Crippen molar-refractivity contribution in [1.29, 1.82) is 0 Å². The maximum absolute atomic E-state index is 12.9. The number of ether oxygens (including phenoxy) is 2. The molecule has 0 radical (unpaired) electrons. The zero-order valence-electron chi connectivity index (χ0n) is 12.4. The van der Waals surface area contributed by atoms with E-state index in [2.05, 4.69) is 12.2 Å². The molecule has 1 saturated carbocycles. The topological polar surface area (TPSA) is 47.6 Å². The maximum atomic E-state index is 12.9. The van der Waals surface area contributed by atoms with Crippen LogP contribution >= 0.6 is 11.3 Å². The van der Waals surface area contributed by atoms with Crippen LogP contribution in [0.5, 0.6) is 0 Å². The van der Waals surface area contributed by atoms with E-state index >= 15 is 0 Å². The molecule has 3 atom stereocenters. The summed E-state index contributed by atoms with van der Waals surface area (Å²) >= 11 is 1.57. The molecule has 0 aromatic carbocycles. The van der Waals surface area contributed by atoms with Crippen LogP contribution in [0.25, 0.3) is 0 Å². The van der Waals surface area contributed by atoms with Crippen molar-refractivity contribution in [2.24, 2.45) is 0 Å². The van der Waals surface area contributed by atoms with Crippen molar-refractivity contribution in [2.75, 3.05) is 19.8 Å². The first-order valence-corrected chi connectivity index (χ1v) is 9.79. The molecular formula is C15H23NO3S2. The fourth-order valence-electron chi connectivity index (χ4n) is 3.19. The minimum absolute atomic E-state index is 0.0575. The maximum Gasteiger partial charge on any atom is 0.169 e. The highest BCUT2D eigenvalue weighted by Crippen LogP contribution is 2.39. The Morgan fingerprint density at radius 1 is 1.48 bits per heavy atom. The van der Waals surface area contributed by atoms with Gasteiger partial charge in [-0.05, 0) is 30.8 Å². The summed E-state index contributed by atoms with van der Waals surface area (Å²) < 4.78 is 25.6. The highest BCUT2D eigenvalue weighted by Gasteiger charge is 2.47. The second kappa shape index (κ2) is 6.87. The average Bonchev–Trinajstić information content (AvgIpc) is 3.17. The average molecular weight is 329 g/mol. The van der Waals surface area contributed by atoms with Gasteiger partial charge in [-0.2, -0.15) is 0 Å². The van der Waals surface area contributed by atoms with Gasteiger partial charge >= 0.3 is 0 Å². The molecule has 118 valence electrons. The van der Waals surface area contributed by atoms with E-state index in [0.717, 1.165) is 36.4 Å². The molecule has 4 nitrogen and oxygen atoms in total. The summed E-state index contributed by atoms with van der Waals surface area (Å²) in [5.74, 6) is -0.484. The summed E-state index contributed by atoms with van der Waals surface area (Å²) in [7, 11) is -0.998. The molecule has 6 heteroatoms. The van der Waals surface area contributed by atoms with E-state index in [-0.39, 0.29) is 11.3 Å². The normalized spacial score (nSPS) is 29.8. The highest BCUT2D eigenvalue weighted by molar-refractivity contribution is 7.88. The Labute approximate surface area is 132 Å². The molecule has 3 unspecified atom stereocenters. The quantitative estimate of drug-likeness (QED) is 0.902. The molecule has 2 aliphatic rings. The molecule has 1 aromatic rings. The molecule has 3 rings (SSSR count). The van der Waals surface area contributed by atoms with Crippen LogP contribution in [0.2, 0.25) is 0 Å². The third kappa shape index (κ3) is 3.40. The van der Waals surface area contributed by atoms with Crippen LogP contribution in [0.1, 0.15) is 32.6 Å². The second-order valence-electron chi connectivity index (χ2n) is 5.68. The number of hydrogen-bond donors (Lipinski definition) is 1. The highest BCUT2D eigenvalue weighted by atomic mass is 32.2. The molecule has 1 aliphatic heterocycles. The first-order chi connectivity index (χ1) is 10.2. The summed E-state index contributed by atoms with van der Waals surface area (Å²) in [5, 5.41) is 5.62. The lowest BCUT2D eigenvalue weighted by Gasteiger charge is -2.40. The minimum Gasteiger partial charge on any atom is -0.347 e. The van der Waals surface area contributed by atoms with Crippen molar-refractivity contribution in [3.05, 3.63) is 17.5 Å². The Morgan fingerprint density at radius 2 is 2.29 bits per heavy atom. The van der Waals surface area contributed by atoms with Crippen LogP contribution in [0.15, 0.2) is 21.7 Å². The third-order valence-electron chi connectivity index (χ3n) is 4.24. The van der Waals surface area contributed by atoms with E-state index in [9.17, 15) is 4.21 Å². The molecule has 1 saturated heterocycles. The predicted molar refractivity (Wildman–Crippen MR) is 85.1 cm³/mol. The fraction of sp³-hybridized carbons (Fsp3) is 0.733. The van der Waals surface area contributed by atoms with Crippen molar-refractivity contribution in [2.45, 2.75) is 53.9 Å². The lowest BCUT2D eigenvalue weighted by Crippen LogP contribution is -2.52. The van der Waals surface area contributed by atoms with Crippen LogP contribution in [0.4, 0.5) is 0 Å². The van der Waals surface area contributed by atoms with Gasteiger partial charge in [0.1, 0.15) is 0 Å².